The Labute approximate surface area is 308 Å². The first kappa shape index (κ1) is 31.8. The summed E-state index contributed by atoms with van der Waals surface area (Å²) in [6.45, 7) is 0. The van der Waals surface area contributed by atoms with Crippen LogP contribution >= 0.6 is 0 Å². The van der Waals surface area contributed by atoms with E-state index in [0.29, 0.717) is 29.8 Å². The molecule has 6 unspecified atom stereocenters. The molecular formula is C49H53NSi. The van der Waals surface area contributed by atoms with Gasteiger partial charge in [0.1, 0.15) is 0 Å². The molecule has 0 bridgehead atoms. The fraction of sp³-hybridized carbons (Fsp3) is 0.388. The van der Waals surface area contributed by atoms with Crippen molar-refractivity contribution < 1.29 is 0 Å². The fourth-order valence-corrected chi connectivity index (χ4v) is 14.2. The zero-order valence-electron chi connectivity index (χ0n) is 30.3. The van der Waals surface area contributed by atoms with Gasteiger partial charge in [0, 0.05) is 29.0 Å². The van der Waals surface area contributed by atoms with E-state index in [1.165, 1.54) is 81.9 Å². The Bertz CT molecular complexity index is 1990. The van der Waals surface area contributed by atoms with Gasteiger partial charge in [0.15, 0.2) is 0 Å². The third kappa shape index (κ3) is 5.22. The predicted molar refractivity (Wildman–Crippen MR) is 218 cm³/mol. The first-order valence-electron chi connectivity index (χ1n) is 20.4. The molecule has 51 heavy (non-hydrogen) atoms. The van der Waals surface area contributed by atoms with Gasteiger partial charge < -0.3 is 4.90 Å². The van der Waals surface area contributed by atoms with Crippen molar-refractivity contribution in [2.45, 2.75) is 101 Å². The van der Waals surface area contributed by atoms with E-state index in [2.05, 4.69) is 126 Å². The molecule has 0 spiro atoms. The fourth-order valence-electron chi connectivity index (χ4n) is 11.9. The Morgan fingerprint density at radius 3 is 2.43 bits per heavy atom. The Balaban J connectivity index is 1.09. The summed E-state index contributed by atoms with van der Waals surface area (Å²) in [5, 5.41) is 3.55. The normalized spacial score (nSPS) is 33.8. The summed E-state index contributed by atoms with van der Waals surface area (Å²) in [6.07, 6.45) is 56.1. The monoisotopic (exact) mass is 683 g/mol. The Morgan fingerprint density at radius 2 is 1.57 bits per heavy atom. The van der Waals surface area contributed by atoms with Gasteiger partial charge in [-0.1, -0.05) is 126 Å². The van der Waals surface area contributed by atoms with E-state index in [4.69, 9.17) is 0 Å². The smallest absolute Gasteiger partial charge is 0.0837 e. The van der Waals surface area contributed by atoms with Gasteiger partial charge in [-0.25, -0.2) is 0 Å². The van der Waals surface area contributed by atoms with Gasteiger partial charge in [0.05, 0.1) is 15.6 Å². The van der Waals surface area contributed by atoms with Crippen LogP contribution in [0.25, 0.3) is 5.57 Å². The molecule has 1 aromatic carbocycles. The summed E-state index contributed by atoms with van der Waals surface area (Å²) in [6, 6.07) is 10.5. The number of hydrogen-bond donors (Lipinski definition) is 0. The molecule has 2 heteroatoms. The number of fused-ring (bicyclic) bond motifs is 3. The largest absolute Gasteiger partial charge is 0.361 e. The second-order valence-corrected chi connectivity index (χ2v) is 18.5. The molecule has 1 aliphatic heterocycles. The van der Waals surface area contributed by atoms with Crippen molar-refractivity contribution in [3.8, 4) is 0 Å². The van der Waals surface area contributed by atoms with Crippen molar-refractivity contribution in [3.05, 3.63) is 171 Å². The van der Waals surface area contributed by atoms with Gasteiger partial charge in [-0.05, 0) is 134 Å². The van der Waals surface area contributed by atoms with Crippen LogP contribution in [0.15, 0.2) is 160 Å². The van der Waals surface area contributed by atoms with Crippen molar-refractivity contribution in [3.63, 3.8) is 0 Å². The van der Waals surface area contributed by atoms with Crippen LogP contribution in [0, 0.1) is 17.8 Å². The van der Waals surface area contributed by atoms with Crippen LogP contribution in [0.1, 0.15) is 94.6 Å². The minimum absolute atomic E-state index is 0.0109. The van der Waals surface area contributed by atoms with Crippen molar-refractivity contribution in [2.75, 3.05) is 0 Å². The maximum Gasteiger partial charge on any atom is 0.0837 e. The lowest BCUT2D eigenvalue weighted by atomic mass is 9.54. The molecule has 0 N–H and O–H groups in total. The third-order valence-corrected chi connectivity index (χ3v) is 16.1. The van der Waals surface area contributed by atoms with E-state index in [-0.39, 0.29) is 5.41 Å². The maximum atomic E-state index is 3.00. The zero-order chi connectivity index (χ0) is 33.8. The van der Waals surface area contributed by atoms with E-state index >= 15 is 0 Å². The molecule has 0 amide bonds. The molecule has 0 saturated heterocycles. The molecule has 1 nitrogen and oxygen atoms in total. The molecule has 0 saturated carbocycles. The van der Waals surface area contributed by atoms with Crippen LogP contribution in [-0.4, -0.2) is 26.5 Å². The van der Waals surface area contributed by atoms with Crippen LogP contribution in [0.2, 0.25) is 0 Å². The summed E-state index contributed by atoms with van der Waals surface area (Å²) in [5.41, 5.74) is 12.8. The highest BCUT2D eigenvalue weighted by Crippen LogP contribution is 2.62. The Hall–Kier alpha value is -3.88. The molecular weight excluding hydrogens is 631 g/mol. The Morgan fingerprint density at radius 1 is 0.686 bits per heavy atom. The average molecular weight is 684 g/mol. The van der Waals surface area contributed by atoms with E-state index < -0.39 is 9.52 Å². The second kappa shape index (κ2) is 13.3. The first-order chi connectivity index (χ1) is 25.3. The van der Waals surface area contributed by atoms with Gasteiger partial charge in [0.2, 0.25) is 0 Å². The summed E-state index contributed by atoms with van der Waals surface area (Å²) >= 11 is 0. The molecule has 258 valence electrons. The third-order valence-electron chi connectivity index (χ3n) is 14.0. The average Bonchev–Trinajstić information content (AvgIpc) is 3.73. The lowest BCUT2D eigenvalue weighted by Gasteiger charge is -2.54. The van der Waals surface area contributed by atoms with Crippen molar-refractivity contribution in [1.82, 2.24) is 4.90 Å². The SMILES string of the molecule is C1=CC(C2C=CC(N(C3C=CC4=C(C3)[SiH2]C3=C4CCC=C3)C3CCC=CC3C3(C4CC=CCC4)C4=C(CCC=C4)c4ccccc43)=CC2)=CCC1. The summed E-state index contributed by atoms with van der Waals surface area (Å²) in [5.74, 6) is 1.51. The van der Waals surface area contributed by atoms with Crippen molar-refractivity contribution in [2.24, 2.45) is 17.8 Å². The predicted octanol–water partition coefficient (Wildman–Crippen LogP) is 11.1. The quantitative estimate of drug-likeness (QED) is 0.213. The van der Waals surface area contributed by atoms with E-state index in [9.17, 15) is 0 Å². The number of rotatable bonds is 6. The van der Waals surface area contributed by atoms with Crippen molar-refractivity contribution in [1.29, 1.82) is 0 Å². The van der Waals surface area contributed by atoms with Gasteiger partial charge in [-0.2, -0.15) is 0 Å². The van der Waals surface area contributed by atoms with Gasteiger partial charge in [-0.15, -0.1) is 0 Å². The molecule has 10 rings (SSSR count). The molecule has 0 fully saturated rings. The highest BCUT2D eigenvalue weighted by Gasteiger charge is 2.56. The summed E-state index contributed by atoms with van der Waals surface area (Å²) < 4.78 is 0. The minimum atomic E-state index is -0.391. The van der Waals surface area contributed by atoms with Gasteiger partial charge >= 0.3 is 0 Å². The highest BCUT2D eigenvalue weighted by atomic mass is 28.2. The number of nitrogens with zero attached hydrogens (tertiary/aromatic N) is 1. The topological polar surface area (TPSA) is 3.24 Å². The zero-order valence-corrected chi connectivity index (χ0v) is 31.7. The maximum absolute atomic E-state index is 3.00. The number of hydrogen-bond acceptors (Lipinski definition) is 1. The lowest BCUT2D eigenvalue weighted by molar-refractivity contribution is 0.0981. The molecule has 6 atom stereocenters. The van der Waals surface area contributed by atoms with Crippen LogP contribution in [-0.2, 0) is 5.41 Å². The van der Waals surface area contributed by atoms with E-state index in [1.807, 2.05) is 5.20 Å². The van der Waals surface area contributed by atoms with Crippen LogP contribution < -0.4 is 0 Å². The second-order valence-electron chi connectivity index (χ2n) is 16.5. The molecule has 1 heterocycles. The van der Waals surface area contributed by atoms with Gasteiger partial charge in [-0.3, -0.25) is 0 Å². The molecule has 9 aliphatic rings. The molecule has 8 aliphatic carbocycles. The van der Waals surface area contributed by atoms with Crippen LogP contribution in [0.5, 0.6) is 0 Å². The van der Waals surface area contributed by atoms with Crippen LogP contribution in [0.4, 0.5) is 0 Å². The minimum Gasteiger partial charge on any atom is -0.361 e. The van der Waals surface area contributed by atoms with E-state index in [1.54, 1.807) is 38.6 Å². The Kier molecular flexibility index (Phi) is 8.28. The van der Waals surface area contributed by atoms with Crippen molar-refractivity contribution >= 4 is 15.1 Å². The molecule has 1 aromatic rings. The lowest BCUT2D eigenvalue weighted by Crippen LogP contribution is -2.55. The highest BCUT2D eigenvalue weighted by molar-refractivity contribution is 6.57. The van der Waals surface area contributed by atoms with Crippen LogP contribution in [0.3, 0.4) is 0 Å². The standard InChI is InChI=1S/C49H53NSi/c1-3-15-34(16-4-1)35-27-29-37(30-28-35)50(38-31-32-42-41-21-9-14-26-47(41)51-48(42)33-38)46-25-13-12-24-45(46)49(36-17-5-2-6-18-36)43-22-10-7-19-39(43)40-20-8-11-23-44(40)49/h2-3,5,7,10-12,14-16,19,22-24,26-27,29-32,35-36,38,45-46H,1,4,6,8-9,13,17-18,20-21,25,28,33,51H2. The number of benzene rings is 1. The van der Waals surface area contributed by atoms with E-state index in [0.717, 1.165) is 12.8 Å². The molecule has 0 aromatic heterocycles. The summed E-state index contributed by atoms with van der Waals surface area (Å²) in [4.78, 5) is 3.00. The molecule has 0 radical (unpaired) electrons. The first-order valence-corrected chi connectivity index (χ1v) is 21.9. The number of allylic oxidation sites excluding steroid dienone is 20. The summed E-state index contributed by atoms with van der Waals surface area (Å²) in [7, 11) is -0.391. The van der Waals surface area contributed by atoms with Gasteiger partial charge in [0.25, 0.3) is 0 Å².